The summed E-state index contributed by atoms with van der Waals surface area (Å²) in [5, 5.41) is 0.435. The second kappa shape index (κ2) is 16.0. The summed E-state index contributed by atoms with van der Waals surface area (Å²) in [5.41, 5.74) is 1.87. The van der Waals surface area contributed by atoms with Gasteiger partial charge in [0, 0.05) is 54.1 Å². The number of nitrogens with zero attached hydrogens (tertiary/aromatic N) is 4. The average molecular weight is 864 g/mol. The first-order chi connectivity index (χ1) is 40.3. The third-order valence-corrected chi connectivity index (χ3v) is 11.3. The molecule has 0 aliphatic carbocycles. The lowest BCUT2D eigenvalue weighted by Gasteiger charge is -2.27. The van der Waals surface area contributed by atoms with Crippen LogP contribution in [-0.2, 0) is 5.41 Å². The zero-order valence-electron chi connectivity index (χ0n) is 56.3. The van der Waals surface area contributed by atoms with Crippen molar-refractivity contribution in [2.75, 3.05) is 16.5 Å². The molecule has 10 aromatic rings. The molecule has 8 aromatic carbocycles. The molecule has 0 atom stereocenters. The molecule has 0 spiro atoms. The summed E-state index contributed by atoms with van der Waals surface area (Å²) >= 11 is 0. The molecule has 316 valence electrons. The monoisotopic (exact) mass is 864 g/mol. The summed E-state index contributed by atoms with van der Waals surface area (Å²) in [6, 6.07) is 22.2. The summed E-state index contributed by atoms with van der Waals surface area (Å²) in [7, 11) is 0. The van der Waals surface area contributed by atoms with Crippen LogP contribution in [-0.4, -0.2) is 16.2 Å². The van der Waals surface area contributed by atoms with Gasteiger partial charge in [-0.3, -0.25) is 4.57 Å². The number of benzene rings is 8. The SMILES string of the molecule is [2H]c1nc(-n2c3ccc(-c4c([2H])c([2H])c([2H])c([2H])c4[2H])cc3c3c([2H])c([2H])c(Oc4cccc(N5CN(c6c(-c7cc(C([2H])([2H])[2H])cc(C([2H])([2H])[2H])c7)cccc6-c6c([2H])c([2H])c([2H])c([2H])c6[2H])c6ccccc65)c4)cc32)c([2H])c(C(C)(C)C)c1[2H]. The molecule has 0 N–H and O–H groups in total. The van der Waals surface area contributed by atoms with Gasteiger partial charge < -0.3 is 14.5 Å². The number of fused-ring (bicyclic) bond motifs is 4. The Kier molecular flexibility index (Phi) is 5.71. The second-order valence-electron chi connectivity index (χ2n) is 16.6. The average Bonchev–Trinajstić information content (AvgIpc) is 1.55. The molecule has 5 nitrogen and oxygen atoms in total. The third kappa shape index (κ3) is 7.39. The maximum Gasteiger partial charge on any atom is 0.137 e. The Bertz CT molecular complexity index is 4440. The predicted molar refractivity (Wildman–Crippen MR) is 272 cm³/mol. The van der Waals surface area contributed by atoms with Crippen molar-refractivity contribution < 1.29 is 33.5 Å². The number of rotatable bonds is 8. The van der Waals surface area contributed by atoms with Gasteiger partial charge in [0.05, 0.1) is 48.7 Å². The Balaban J connectivity index is 1.08. The minimum atomic E-state index is -2.75. The lowest BCUT2D eigenvalue weighted by Crippen LogP contribution is -2.25. The minimum absolute atomic E-state index is 0.0395. The summed E-state index contributed by atoms with van der Waals surface area (Å²) in [6.45, 7) is -0.129. The highest BCUT2D eigenvalue weighted by atomic mass is 16.5. The van der Waals surface area contributed by atoms with Gasteiger partial charge >= 0.3 is 0 Å². The van der Waals surface area contributed by atoms with E-state index in [4.69, 9.17) is 29.4 Å². The quantitative estimate of drug-likeness (QED) is 0.152. The molecule has 0 bridgehead atoms. The van der Waals surface area contributed by atoms with Crippen molar-refractivity contribution in [3.8, 4) is 50.7 Å². The lowest BCUT2D eigenvalue weighted by molar-refractivity contribution is 0.483. The van der Waals surface area contributed by atoms with E-state index in [2.05, 4.69) is 4.98 Å². The molecule has 0 unspecified atom stereocenters. The van der Waals surface area contributed by atoms with Crippen molar-refractivity contribution in [1.29, 1.82) is 0 Å². The van der Waals surface area contributed by atoms with Crippen molar-refractivity contribution in [2.45, 2.75) is 39.9 Å². The Morgan fingerprint density at radius 1 is 0.569 bits per heavy atom. The number of ether oxygens (including phenoxy) is 1. The Hall–Kier alpha value is -7.89. The van der Waals surface area contributed by atoms with Crippen LogP contribution in [0.3, 0.4) is 0 Å². The van der Waals surface area contributed by atoms with Gasteiger partial charge in [-0.15, -0.1) is 0 Å². The highest BCUT2D eigenvalue weighted by Gasteiger charge is 2.31. The van der Waals surface area contributed by atoms with Crippen LogP contribution in [0.2, 0.25) is 0 Å². The molecule has 1 aliphatic rings. The first-order valence-electron chi connectivity index (χ1n) is 31.2. The first kappa shape index (κ1) is 23.2. The van der Waals surface area contributed by atoms with Gasteiger partial charge in [-0.25, -0.2) is 4.98 Å². The van der Waals surface area contributed by atoms with E-state index >= 15 is 0 Å². The number of hydrogen-bond acceptors (Lipinski definition) is 4. The van der Waals surface area contributed by atoms with E-state index in [-0.39, 0.29) is 120 Å². The number of aromatic nitrogens is 2. The van der Waals surface area contributed by atoms with Gasteiger partial charge in [0.1, 0.15) is 24.0 Å². The molecule has 0 fully saturated rings. The van der Waals surface area contributed by atoms with Gasteiger partial charge in [0.25, 0.3) is 0 Å². The standard InChI is InChI=1S/C60H50N4O/c1-40-32-41(2)34-45(33-40)51-23-15-22-50(43-18-10-7-11-19-43)59(51)63-39-62(55-24-12-13-25-56(55)63)47-20-14-21-48(37-47)65-49-27-28-52-53-35-44(42-16-8-6-9-17-42)26-29-54(53)64(57(52)38-49)58-36-46(30-31-61-58)60(3,4)5/h6-38H,39H2,1-5H3/i1D3,2D3,6D,7D,8D,9D,10D,11D,16D,17D,18D,19D,27D,28D,30D,31D,36D. The highest BCUT2D eigenvalue weighted by molar-refractivity contribution is 6.11. The molecule has 0 radical (unpaired) electrons. The van der Waals surface area contributed by atoms with Crippen LogP contribution in [0.1, 0.15) is 66.2 Å². The Labute approximate surface area is 411 Å². The van der Waals surface area contributed by atoms with E-state index in [1.807, 2.05) is 15.9 Å². The summed E-state index contributed by atoms with van der Waals surface area (Å²) in [5.74, 6) is -0.0264. The fourth-order valence-electron chi connectivity index (χ4n) is 8.39. The van der Waals surface area contributed by atoms with Gasteiger partial charge in [-0.1, -0.05) is 153 Å². The molecular weight excluding hydrogens is 793 g/mol. The number of aryl methyl sites for hydroxylation is 2. The molecule has 1 aliphatic heterocycles. The van der Waals surface area contributed by atoms with Crippen LogP contribution in [0, 0.1) is 13.7 Å². The maximum absolute atomic E-state index is 9.65. The van der Waals surface area contributed by atoms with Crippen molar-refractivity contribution >= 4 is 44.6 Å². The molecular formula is C60H50N4O. The molecule has 65 heavy (non-hydrogen) atoms. The van der Waals surface area contributed by atoms with Crippen LogP contribution >= 0.6 is 0 Å². The van der Waals surface area contributed by atoms with E-state index in [0.29, 0.717) is 22.6 Å². The van der Waals surface area contributed by atoms with Gasteiger partial charge in [0.2, 0.25) is 0 Å². The molecule has 0 amide bonds. The Morgan fingerprint density at radius 2 is 1.28 bits per heavy atom. The highest BCUT2D eigenvalue weighted by Crippen LogP contribution is 2.50. The van der Waals surface area contributed by atoms with Gasteiger partial charge in [-0.2, -0.15) is 0 Å². The first-order valence-corrected chi connectivity index (χ1v) is 20.7. The largest absolute Gasteiger partial charge is 0.457 e. The van der Waals surface area contributed by atoms with Crippen molar-refractivity contribution in [1.82, 2.24) is 9.55 Å². The summed E-state index contributed by atoms with van der Waals surface area (Å²) in [4.78, 5) is 8.19. The van der Waals surface area contributed by atoms with E-state index in [1.54, 1.807) is 93.6 Å². The van der Waals surface area contributed by atoms with Crippen LogP contribution in [0.5, 0.6) is 11.5 Å². The van der Waals surface area contributed by atoms with Crippen LogP contribution in [0.15, 0.2) is 200 Å². The summed E-state index contributed by atoms with van der Waals surface area (Å²) in [6.07, 6.45) is -0.427. The van der Waals surface area contributed by atoms with Gasteiger partial charge in [0.15, 0.2) is 0 Å². The number of pyridine rings is 1. The minimum Gasteiger partial charge on any atom is -0.457 e. The maximum atomic E-state index is 9.65. The van der Waals surface area contributed by atoms with Crippen molar-refractivity contribution in [3.63, 3.8) is 0 Å². The molecule has 0 saturated carbocycles. The molecule has 2 aromatic heterocycles. The molecule has 5 heteroatoms. The number of para-hydroxylation sites is 3. The van der Waals surface area contributed by atoms with Gasteiger partial charge in [-0.05, 0) is 108 Å². The zero-order chi connectivity index (χ0) is 62.3. The van der Waals surface area contributed by atoms with E-state index < -0.39 is 85.7 Å². The Morgan fingerprint density at radius 3 is 2.02 bits per heavy atom. The fraction of sp³-hybridized carbons (Fsp3) is 0.117. The topological polar surface area (TPSA) is 33.5 Å². The number of anilines is 4. The lowest BCUT2D eigenvalue weighted by atomic mass is 9.88. The van der Waals surface area contributed by atoms with Crippen LogP contribution in [0.25, 0.3) is 61.0 Å². The van der Waals surface area contributed by atoms with Crippen LogP contribution < -0.4 is 14.5 Å². The third-order valence-electron chi connectivity index (χ3n) is 11.3. The fourth-order valence-corrected chi connectivity index (χ4v) is 8.39. The normalized spacial score (nSPS) is 17.6. The number of hydrogen-bond donors (Lipinski definition) is 0. The smallest absolute Gasteiger partial charge is 0.137 e. The van der Waals surface area contributed by atoms with E-state index in [0.717, 1.165) is 6.07 Å². The second-order valence-corrected chi connectivity index (χ2v) is 16.6. The zero-order valence-corrected chi connectivity index (χ0v) is 35.3. The molecule has 11 rings (SSSR count). The van der Waals surface area contributed by atoms with Crippen molar-refractivity contribution in [2.24, 2.45) is 0 Å². The molecule has 0 saturated heterocycles. The van der Waals surface area contributed by atoms with Crippen LogP contribution in [0.4, 0.5) is 22.7 Å². The van der Waals surface area contributed by atoms with E-state index in [9.17, 15) is 4.11 Å². The van der Waals surface area contributed by atoms with E-state index in [1.165, 1.54) is 28.8 Å². The van der Waals surface area contributed by atoms with Crippen molar-refractivity contribution in [3.05, 3.63) is 217 Å². The predicted octanol–water partition coefficient (Wildman–Crippen LogP) is 16.1. The summed E-state index contributed by atoms with van der Waals surface area (Å²) < 4.78 is 191. The molecule has 3 heterocycles.